The van der Waals surface area contributed by atoms with Crippen LogP contribution in [0.1, 0.15) is 18.3 Å². The Labute approximate surface area is 115 Å². The summed E-state index contributed by atoms with van der Waals surface area (Å²) in [6.07, 6.45) is 0.00670. The Morgan fingerprint density at radius 3 is 2.74 bits per heavy atom. The predicted octanol–water partition coefficient (Wildman–Crippen LogP) is 1.54. The average Bonchev–Trinajstić information content (AvgIpc) is 2.38. The molecule has 1 N–H and O–H groups in total. The molecule has 0 aliphatic rings. The molecule has 1 aromatic heterocycles. The normalized spacial score (nSPS) is 12.4. The molecule has 0 spiro atoms. The molecule has 0 fully saturated rings. The molecule has 5 heteroatoms. The molecule has 19 heavy (non-hydrogen) atoms. The van der Waals surface area contributed by atoms with E-state index in [4.69, 9.17) is 14.2 Å². The van der Waals surface area contributed by atoms with Gasteiger partial charge in [-0.25, -0.2) is 0 Å². The Kier molecular flexibility index (Phi) is 7.40. The van der Waals surface area contributed by atoms with Crippen LogP contribution < -0.4 is 10.1 Å². The van der Waals surface area contributed by atoms with Crippen molar-refractivity contribution in [2.75, 3.05) is 34.0 Å². The Hall–Kier alpha value is -1.17. The standard InChI is InChI=1S/C14H24N2O3/c1-11-5-6-14(19-12(2)10-18-4)13(16-11)9-15-7-8-17-3/h5-6,12,15H,7-10H2,1-4H3. The molecule has 0 saturated heterocycles. The molecule has 0 aliphatic heterocycles. The van der Waals surface area contributed by atoms with Crippen LogP contribution in [0, 0.1) is 6.92 Å². The van der Waals surface area contributed by atoms with Crippen LogP contribution in [-0.2, 0) is 16.0 Å². The number of nitrogens with zero attached hydrogens (tertiary/aromatic N) is 1. The van der Waals surface area contributed by atoms with E-state index in [-0.39, 0.29) is 6.10 Å². The average molecular weight is 268 g/mol. The highest BCUT2D eigenvalue weighted by Gasteiger charge is 2.09. The van der Waals surface area contributed by atoms with E-state index >= 15 is 0 Å². The first-order valence-corrected chi connectivity index (χ1v) is 6.49. The van der Waals surface area contributed by atoms with Crippen LogP contribution in [0.4, 0.5) is 0 Å². The second-order valence-electron chi connectivity index (χ2n) is 4.45. The van der Waals surface area contributed by atoms with Crippen LogP contribution >= 0.6 is 0 Å². The van der Waals surface area contributed by atoms with Crippen LogP contribution in [0.3, 0.4) is 0 Å². The van der Waals surface area contributed by atoms with E-state index < -0.39 is 0 Å². The van der Waals surface area contributed by atoms with Gasteiger partial charge in [0, 0.05) is 33.0 Å². The fraction of sp³-hybridized carbons (Fsp3) is 0.643. The quantitative estimate of drug-likeness (QED) is 0.689. The Balaban J connectivity index is 2.62. The molecule has 1 heterocycles. The highest BCUT2D eigenvalue weighted by Crippen LogP contribution is 2.18. The zero-order valence-electron chi connectivity index (χ0n) is 12.2. The molecular weight excluding hydrogens is 244 g/mol. The van der Waals surface area contributed by atoms with Gasteiger partial charge < -0.3 is 19.5 Å². The molecule has 0 saturated carbocycles. The van der Waals surface area contributed by atoms with Gasteiger partial charge in [0.25, 0.3) is 0 Å². The molecule has 5 nitrogen and oxygen atoms in total. The van der Waals surface area contributed by atoms with Crippen LogP contribution in [0.25, 0.3) is 0 Å². The minimum Gasteiger partial charge on any atom is -0.486 e. The first-order valence-electron chi connectivity index (χ1n) is 6.49. The molecule has 0 bridgehead atoms. The van der Waals surface area contributed by atoms with Gasteiger partial charge in [0.15, 0.2) is 0 Å². The molecule has 1 rings (SSSR count). The molecule has 1 aromatic rings. The van der Waals surface area contributed by atoms with Gasteiger partial charge in [-0.15, -0.1) is 0 Å². The van der Waals surface area contributed by atoms with Gasteiger partial charge >= 0.3 is 0 Å². The van der Waals surface area contributed by atoms with Crippen LogP contribution in [0.5, 0.6) is 5.75 Å². The summed E-state index contributed by atoms with van der Waals surface area (Å²) in [5, 5.41) is 3.28. The molecule has 0 aliphatic carbocycles. The number of pyridine rings is 1. The van der Waals surface area contributed by atoms with Gasteiger partial charge in [-0.2, -0.15) is 0 Å². The van der Waals surface area contributed by atoms with Crippen molar-refractivity contribution in [3.05, 3.63) is 23.5 Å². The topological polar surface area (TPSA) is 52.6 Å². The summed E-state index contributed by atoms with van der Waals surface area (Å²) in [4.78, 5) is 4.51. The van der Waals surface area contributed by atoms with Gasteiger partial charge in [0.05, 0.1) is 18.9 Å². The zero-order valence-corrected chi connectivity index (χ0v) is 12.2. The summed E-state index contributed by atoms with van der Waals surface area (Å²) in [5.41, 5.74) is 1.90. The van der Waals surface area contributed by atoms with Crippen molar-refractivity contribution in [3.63, 3.8) is 0 Å². The monoisotopic (exact) mass is 268 g/mol. The summed E-state index contributed by atoms with van der Waals surface area (Å²) in [5.74, 6) is 0.806. The second kappa shape index (κ2) is 8.85. The lowest BCUT2D eigenvalue weighted by Gasteiger charge is -2.17. The van der Waals surface area contributed by atoms with Gasteiger partial charge in [-0.05, 0) is 26.0 Å². The van der Waals surface area contributed by atoms with E-state index in [1.54, 1.807) is 14.2 Å². The Bertz CT molecular complexity index is 372. The molecule has 108 valence electrons. The van der Waals surface area contributed by atoms with Crippen LogP contribution in [-0.4, -0.2) is 45.1 Å². The molecule has 0 aromatic carbocycles. The van der Waals surface area contributed by atoms with Crippen molar-refractivity contribution in [2.24, 2.45) is 0 Å². The number of aromatic nitrogens is 1. The van der Waals surface area contributed by atoms with Crippen LogP contribution in [0.2, 0.25) is 0 Å². The number of methoxy groups -OCH3 is 2. The molecule has 0 radical (unpaired) electrons. The number of ether oxygens (including phenoxy) is 3. The maximum absolute atomic E-state index is 5.84. The van der Waals surface area contributed by atoms with E-state index in [9.17, 15) is 0 Å². The van der Waals surface area contributed by atoms with Crippen LogP contribution in [0.15, 0.2) is 12.1 Å². The lowest BCUT2D eigenvalue weighted by atomic mass is 10.2. The maximum Gasteiger partial charge on any atom is 0.142 e. The molecule has 1 atom stereocenters. The summed E-state index contributed by atoms with van der Waals surface area (Å²) >= 11 is 0. The molecule has 0 amide bonds. The number of hydrogen-bond donors (Lipinski definition) is 1. The maximum atomic E-state index is 5.84. The van der Waals surface area contributed by atoms with Crippen molar-refractivity contribution < 1.29 is 14.2 Å². The van der Waals surface area contributed by atoms with E-state index in [2.05, 4.69) is 10.3 Å². The molecular formula is C14H24N2O3. The fourth-order valence-corrected chi connectivity index (χ4v) is 1.70. The van der Waals surface area contributed by atoms with Crippen molar-refractivity contribution in [1.29, 1.82) is 0 Å². The Morgan fingerprint density at radius 2 is 2.05 bits per heavy atom. The molecule has 1 unspecified atom stereocenters. The van der Waals surface area contributed by atoms with Gasteiger partial charge in [0.1, 0.15) is 11.9 Å². The number of nitrogens with one attached hydrogen (secondary N) is 1. The largest absolute Gasteiger partial charge is 0.486 e. The van der Waals surface area contributed by atoms with Crippen molar-refractivity contribution in [2.45, 2.75) is 26.5 Å². The summed E-state index contributed by atoms with van der Waals surface area (Å²) < 4.78 is 15.9. The first kappa shape index (κ1) is 15.9. The fourth-order valence-electron chi connectivity index (χ4n) is 1.70. The summed E-state index contributed by atoms with van der Waals surface area (Å²) in [7, 11) is 3.36. The van der Waals surface area contributed by atoms with E-state index in [1.807, 2.05) is 26.0 Å². The zero-order chi connectivity index (χ0) is 14.1. The predicted molar refractivity (Wildman–Crippen MR) is 74.5 cm³/mol. The number of hydrogen-bond acceptors (Lipinski definition) is 5. The highest BCUT2D eigenvalue weighted by atomic mass is 16.5. The highest BCUT2D eigenvalue weighted by molar-refractivity contribution is 5.29. The van der Waals surface area contributed by atoms with Gasteiger partial charge in [0.2, 0.25) is 0 Å². The lowest BCUT2D eigenvalue weighted by Crippen LogP contribution is -2.22. The Morgan fingerprint density at radius 1 is 1.26 bits per heavy atom. The van der Waals surface area contributed by atoms with Crippen molar-refractivity contribution >= 4 is 0 Å². The SMILES string of the molecule is COCCNCc1nc(C)ccc1OC(C)COC. The second-order valence-corrected chi connectivity index (χ2v) is 4.45. The van der Waals surface area contributed by atoms with Crippen molar-refractivity contribution in [1.82, 2.24) is 10.3 Å². The third-order valence-electron chi connectivity index (χ3n) is 2.58. The van der Waals surface area contributed by atoms with Gasteiger partial charge in [-0.3, -0.25) is 4.98 Å². The summed E-state index contributed by atoms with van der Waals surface area (Å²) in [6, 6.07) is 3.91. The summed E-state index contributed by atoms with van der Waals surface area (Å²) in [6.45, 7) is 6.65. The smallest absolute Gasteiger partial charge is 0.142 e. The number of aryl methyl sites for hydroxylation is 1. The van der Waals surface area contributed by atoms with E-state index in [0.29, 0.717) is 19.8 Å². The van der Waals surface area contributed by atoms with E-state index in [1.165, 1.54) is 0 Å². The van der Waals surface area contributed by atoms with Crippen molar-refractivity contribution in [3.8, 4) is 5.75 Å². The first-order chi connectivity index (χ1) is 9.17. The van der Waals surface area contributed by atoms with E-state index in [0.717, 1.165) is 23.7 Å². The third-order valence-corrected chi connectivity index (χ3v) is 2.58. The number of rotatable bonds is 9. The van der Waals surface area contributed by atoms with Gasteiger partial charge in [-0.1, -0.05) is 0 Å². The minimum absolute atomic E-state index is 0.00670. The third kappa shape index (κ3) is 6.00. The minimum atomic E-state index is 0.00670. The lowest BCUT2D eigenvalue weighted by molar-refractivity contribution is 0.0909.